The Kier molecular flexibility index (Phi) is 6.80. The highest BCUT2D eigenvalue weighted by Gasteiger charge is 2.05. The Bertz CT molecular complexity index is 468. The molecule has 1 amide bonds. The quantitative estimate of drug-likeness (QED) is 0.637. The van der Waals surface area contributed by atoms with Crippen LogP contribution in [0.15, 0.2) is 22.0 Å². The first-order valence-electron chi connectivity index (χ1n) is 5.84. The summed E-state index contributed by atoms with van der Waals surface area (Å²) in [5.74, 6) is -0.435. The summed E-state index contributed by atoms with van der Waals surface area (Å²) in [6, 6.07) is 3.78. The second-order valence-corrected chi connectivity index (χ2v) is 6.78. The summed E-state index contributed by atoms with van der Waals surface area (Å²) in [5, 5.41) is 2.67. The van der Waals surface area contributed by atoms with Gasteiger partial charge in [0, 0.05) is 17.5 Å². The summed E-state index contributed by atoms with van der Waals surface area (Å²) in [4.78, 5) is 23.6. The molecule has 1 aromatic rings. The van der Waals surface area contributed by atoms with Crippen LogP contribution < -0.4 is 5.32 Å². The summed E-state index contributed by atoms with van der Waals surface area (Å²) >= 11 is 4.84. The van der Waals surface area contributed by atoms with Crippen molar-refractivity contribution in [2.45, 2.75) is 13.8 Å². The van der Waals surface area contributed by atoms with Crippen LogP contribution in [0.2, 0.25) is 0 Å². The van der Waals surface area contributed by atoms with Crippen LogP contribution in [-0.4, -0.2) is 25.0 Å². The van der Waals surface area contributed by atoms with E-state index in [2.05, 4.69) is 21.2 Å². The van der Waals surface area contributed by atoms with Crippen LogP contribution in [0, 0.1) is 5.92 Å². The Balaban J connectivity index is 2.28. The number of amides is 1. The number of hydrogen-bond donors (Lipinski definition) is 1. The molecule has 0 saturated heterocycles. The van der Waals surface area contributed by atoms with Gasteiger partial charge in [-0.25, -0.2) is 4.79 Å². The van der Waals surface area contributed by atoms with E-state index >= 15 is 0 Å². The Hall–Kier alpha value is -1.14. The van der Waals surface area contributed by atoms with E-state index in [-0.39, 0.29) is 12.5 Å². The predicted octanol–water partition coefficient (Wildman–Crippen LogP) is 2.84. The number of halogens is 1. The van der Waals surface area contributed by atoms with E-state index in [1.807, 2.05) is 26.0 Å². The number of ether oxygens (including phenoxy) is 1. The fourth-order valence-corrected chi connectivity index (χ4v) is 2.45. The molecular formula is C13H16BrNO3S. The minimum atomic E-state index is -0.524. The Morgan fingerprint density at radius 3 is 2.79 bits per heavy atom. The smallest absolute Gasteiger partial charge is 0.331 e. The van der Waals surface area contributed by atoms with Gasteiger partial charge in [0.2, 0.25) is 0 Å². The summed E-state index contributed by atoms with van der Waals surface area (Å²) in [5.41, 5.74) is 0. The van der Waals surface area contributed by atoms with Gasteiger partial charge >= 0.3 is 5.97 Å². The van der Waals surface area contributed by atoms with E-state index in [1.54, 1.807) is 6.08 Å². The van der Waals surface area contributed by atoms with Crippen molar-refractivity contribution >= 4 is 45.2 Å². The lowest BCUT2D eigenvalue weighted by molar-refractivity contribution is -0.143. The molecule has 1 heterocycles. The number of nitrogens with one attached hydrogen (secondary N) is 1. The largest absolute Gasteiger partial charge is 0.452 e. The number of esters is 1. The van der Waals surface area contributed by atoms with Gasteiger partial charge in [-0.05, 0) is 40.1 Å². The van der Waals surface area contributed by atoms with Crippen molar-refractivity contribution in [2.75, 3.05) is 13.2 Å². The van der Waals surface area contributed by atoms with Crippen LogP contribution >= 0.6 is 27.3 Å². The van der Waals surface area contributed by atoms with Crippen LogP contribution in [0.3, 0.4) is 0 Å². The van der Waals surface area contributed by atoms with E-state index in [0.717, 1.165) is 8.66 Å². The fraction of sp³-hybridized carbons (Fsp3) is 0.385. The summed E-state index contributed by atoms with van der Waals surface area (Å²) in [6.07, 6.45) is 2.97. The summed E-state index contributed by atoms with van der Waals surface area (Å²) < 4.78 is 5.81. The molecule has 0 aromatic carbocycles. The van der Waals surface area contributed by atoms with Crippen molar-refractivity contribution < 1.29 is 14.3 Å². The van der Waals surface area contributed by atoms with Gasteiger partial charge in [0.1, 0.15) is 0 Å². The van der Waals surface area contributed by atoms with Crippen molar-refractivity contribution in [3.05, 3.63) is 26.9 Å². The van der Waals surface area contributed by atoms with Gasteiger partial charge in [0.25, 0.3) is 5.91 Å². The zero-order chi connectivity index (χ0) is 14.3. The van der Waals surface area contributed by atoms with Crippen LogP contribution in [-0.2, 0) is 14.3 Å². The molecule has 6 heteroatoms. The lowest BCUT2D eigenvalue weighted by Crippen LogP contribution is -2.31. The van der Waals surface area contributed by atoms with Crippen molar-refractivity contribution in [1.82, 2.24) is 5.32 Å². The maximum Gasteiger partial charge on any atom is 0.331 e. The topological polar surface area (TPSA) is 55.4 Å². The van der Waals surface area contributed by atoms with Gasteiger partial charge in [0.05, 0.1) is 3.79 Å². The van der Waals surface area contributed by atoms with Crippen molar-refractivity contribution in [1.29, 1.82) is 0 Å². The summed E-state index contributed by atoms with van der Waals surface area (Å²) in [7, 11) is 0. The Morgan fingerprint density at radius 2 is 2.21 bits per heavy atom. The van der Waals surface area contributed by atoms with Gasteiger partial charge in [-0.15, -0.1) is 11.3 Å². The van der Waals surface area contributed by atoms with E-state index < -0.39 is 5.97 Å². The molecule has 0 spiro atoms. The van der Waals surface area contributed by atoms with E-state index in [0.29, 0.717) is 12.5 Å². The van der Waals surface area contributed by atoms with Crippen molar-refractivity contribution in [2.24, 2.45) is 5.92 Å². The molecule has 0 aliphatic rings. The average molecular weight is 346 g/mol. The van der Waals surface area contributed by atoms with Gasteiger partial charge in [-0.1, -0.05) is 13.8 Å². The average Bonchev–Trinajstić information content (AvgIpc) is 2.77. The number of carbonyl (C=O) groups is 2. The SMILES string of the molecule is CC(C)CNC(=O)COC(=O)/C=C/c1ccc(Br)s1. The monoisotopic (exact) mass is 345 g/mol. The molecule has 19 heavy (non-hydrogen) atoms. The number of thiophene rings is 1. The molecule has 0 aliphatic carbocycles. The molecule has 4 nitrogen and oxygen atoms in total. The molecule has 0 atom stereocenters. The molecule has 0 unspecified atom stereocenters. The second-order valence-electron chi connectivity index (χ2n) is 4.28. The van der Waals surface area contributed by atoms with Gasteiger partial charge in [-0.2, -0.15) is 0 Å². The van der Waals surface area contributed by atoms with E-state index in [4.69, 9.17) is 4.74 Å². The van der Waals surface area contributed by atoms with Crippen molar-refractivity contribution in [3.63, 3.8) is 0 Å². The highest BCUT2D eigenvalue weighted by molar-refractivity contribution is 9.11. The number of rotatable bonds is 6. The van der Waals surface area contributed by atoms with Crippen LogP contribution in [0.25, 0.3) is 6.08 Å². The predicted molar refractivity (Wildman–Crippen MR) is 79.9 cm³/mol. The van der Waals surface area contributed by atoms with Gasteiger partial charge < -0.3 is 10.1 Å². The van der Waals surface area contributed by atoms with Crippen LogP contribution in [0.4, 0.5) is 0 Å². The van der Waals surface area contributed by atoms with E-state index in [1.165, 1.54) is 17.4 Å². The molecule has 0 aliphatic heterocycles. The molecule has 0 radical (unpaired) electrons. The Labute approximate surface area is 125 Å². The molecule has 0 fully saturated rings. The van der Waals surface area contributed by atoms with Gasteiger partial charge in [0.15, 0.2) is 6.61 Å². The third-order valence-corrected chi connectivity index (χ3v) is 3.62. The van der Waals surface area contributed by atoms with Crippen LogP contribution in [0.5, 0.6) is 0 Å². The number of hydrogen-bond acceptors (Lipinski definition) is 4. The zero-order valence-electron chi connectivity index (χ0n) is 10.8. The third kappa shape index (κ3) is 7.12. The van der Waals surface area contributed by atoms with Crippen LogP contribution in [0.1, 0.15) is 18.7 Å². The standard InChI is InChI=1S/C13H16BrNO3S/c1-9(2)7-15-12(16)8-18-13(17)6-4-10-3-5-11(14)19-10/h3-6,9H,7-8H2,1-2H3,(H,15,16)/b6-4+. The molecule has 1 N–H and O–H groups in total. The molecular weight excluding hydrogens is 330 g/mol. The number of carbonyl (C=O) groups excluding carboxylic acids is 2. The van der Waals surface area contributed by atoms with Gasteiger partial charge in [-0.3, -0.25) is 4.79 Å². The fourth-order valence-electron chi connectivity index (χ4n) is 1.12. The lowest BCUT2D eigenvalue weighted by atomic mass is 10.2. The Morgan fingerprint density at radius 1 is 1.47 bits per heavy atom. The molecule has 1 rings (SSSR count). The first-order chi connectivity index (χ1) is 8.97. The normalized spacial score (nSPS) is 10.9. The molecule has 0 saturated carbocycles. The minimum Gasteiger partial charge on any atom is -0.452 e. The second kappa shape index (κ2) is 8.12. The molecule has 1 aromatic heterocycles. The first-order valence-corrected chi connectivity index (χ1v) is 7.45. The van der Waals surface area contributed by atoms with E-state index in [9.17, 15) is 9.59 Å². The summed E-state index contributed by atoms with van der Waals surface area (Å²) in [6.45, 7) is 4.32. The third-order valence-electron chi connectivity index (χ3n) is 2.03. The highest BCUT2D eigenvalue weighted by atomic mass is 79.9. The maximum atomic E-state index is 11.4. The van der Waals surface area contributed by atoms with Crippen molar-refractivity contribution in [3.8, 4) is 0 Å². The lowest BCUT2D eigenvalue weighted by Gasteiger charge is -2.07. The zero-order valence-corrected chi connectivity index (χ0v) is 13.2. The maximum absolute atomic E-state index is 11.4. The molecule has 0 bridgehead atoms. The molecule has 104 valence electrons. The highest BCUT2D eigenvalue weighted by Crippen LogP contribution is 2.22. The minimum absolute atomic E-state index is 0.246. The first kappa shape index (κ1) is 15.9.